The molecule has 0 radical (unpaired) electrons. The number of amidine groups is 1. The van der Waals surface area contributed by atoms with Crippen molar-refractivity contribution < 1.29 is 24.2 Å². The van der Waals surface area contributed by atoms with E-state index in [9.17, 15) is 34.6 Å². The Kier molecular flexibility index (Phi) is 7.24. The number of carbonyl (C=O) groups is 3. The molecule has 2 aliphatic heterocycles. The minimum atomic E-state index is -2.19. The molecule has 13 nitrogen and oxygen atoms in total. The summed E-state index contributed by atoms with van der Waals surface area (Å²) in [6, 6.07) is 14.9. The minimum absolute atomic E-state index is 0.171. The van der Waals surface area contributed by atoms with Crippen LogP contribution in [0, 0.1) is 32.6 Å². The molecule has 0 saturated carbocycles. The van der Waals surface area contributed by atoms with Crippen LogP contribution in [0.15, 0.2) is 77.8 Å². The number of rotatable bonds is 6. The molecule has 3 aromatic carbocycles. The van der Waals surface area contributed by atoms with Crippen LogP contribution in [0.1, 0.15) is 34.3 Å². The van der Waals surface area contributed by atoms with Crippen LogP contribution in [0.4, 0.5) is 16.2 Å². The van der Waals surface area contributed by atoms with Crippen LogP contribution in [0.3, 0.4) is 0 Å². The van der Waals surface area contributed by atoms with E-state index in [1.54, 1.807) is 0 Å². The lowest BCUT2D eigenvalue weighted by molar-refractivity contribution is -0.385. The van der Waals surface area contributed by atoms with Crippen molar-refractivity contribution in [3.63, 3.8) is 0 Å². The average Bonchev–Trinajstić information content (AvgIpc) is 2.95. The van der Waals surface area contributed by atoms with Crippen LogP contribution in [-0.2, 0) is 15.3 Å². The summed E-state index contributed by atoms with van der Waals surface area (Å²) in [5.74, 6) is -1.55. The number of thioether (sulfide) groups is 1. The molecule has 0 bridgehead atoms. The van der Waals surface area contributed by atoms with E-state index in [1.165, 1.54) is 60.3 Å². The second-order valence-electron chi connectivity index (χ2n) is 9.44. The smallest absolute Gasteiger partial charge is 0.328 e. The molecule has 2 atom stereocenters. The van der Waals surface area contributed by atoms with Crippen LogP contribution < -0.4 is 16.0 Å². The lowest BCUT2D eigenvalue weighted by Crippen LogP contribution is -2.69. The molecular weight excluding hydrogens is 552 g/mol. The first-order valence-electron chi connectivity index (χ1n) is 12.3. The molecule has 14 heteroatoms. The third-order valence-corrected chi connectivity index (χ3v) is 8.00. The number of imide groups is 2. The number of urea groups is 1. The van der Waals surface area contributed by atoms with Crippen molar-refractivity contribution in [3.8, 4) is 0 Å². The highest BCUT2D eigenvalue weighted by molar-refractivity contribution is 8.13. The van der Waals surface area contributed by atoms with Gasteiger partial charge in [-0.2, -0.15) is 0 Å². The largest absolute Gasteiger partial charge is 0.356 e. The van der Waals surface area contributed by atoms with Gasteiger partial charge in [0.1, 0.15) is 6.04 Å². The number of nitrogens with one attached hydrogen (secondary N) is 3. The fourth-order valence-electron chi connectivity index (χ4n) is 5.02. The van der Waals surface area contributed by atoms with Gasteiger partial charge in [-0.25, -0.2) is 4.79 Å². The monoisotopic (exact) mass is 574 g/mol. The molecule has 41 heavy (non-hydrogen) atoms. The average molecular weight is 575 g/mol. The normalized spacial score (nSPS) is 19.5. The Morgan fingerprint density at radius 3 is 2.05 bits per heavy atom. The van der Waals surface area contributed by atoms with Crippen molar-refractivity contribution in [2.75, 3.05) is 0 Å². The number of hydrogen-bond donors (Lipinski definition) is 3. The van der Waals surface area contributed by atoms with Gasteiger partial charge in [0.05, 0.1) is 15.9 Å². The Hall–Kier alpha value is -5.11. The quantitative estimate of drug-likeness (QED) is 0.223. The second kappa shape index (κ2) is 10.8. The fraction of sp³-hybridized carbons (Fsp3) is 0.185. The molecule has 5 rings (SSSR count). The van der Waals surface area contributed by atoms with Gasteiger partial charge in [-0.1, -0.05) is 60.3 Å². The van der Waals surface area contributed by atoms with E-state index in [-0.39, 0.29) is 22.5 Å². The molecule has 1 fully saturated rings. The molecule has 4 amide bonds. The SMILES string of the molecule is Cc1ccccc1CSC1=N[C@H](c2cccc([N+](=O)[O-])c2)C2(C(=O)NC(=O)NC2=O)[C@H](c2cccc([N+](=O)[O-])c2)N1. The van der Waals surface area contributed by atoms with E-state index < -0.39 is 45.2 Å². The number of nitro groups is 2. The van der Waals surface area contributed by atoms with Gasteiger partial charge in [-0.3, -0.25) is 45.4 Å². The summed E-state index contributed by atoms with van der Waals surface area (Å²) in [5.41, 5.74) is -0.355. The molecule has 3 aromatic rings. The zero-order valence-electron chi connectivity index (χ0n) is 21.4. The van der Waals surface area contributed by atoms with Gasteiger partial charge in [0, 0.05) is 30.0 Å². The van der Waals surface area contributed by atoms with Crippen LogP contribution in [-0.4, -0.2) is 32.9 Å². The van der Waals surface area contributed by atoms with E-state index in [0.29, 0.717) is 10.9 Å². The Morgan fingerprint density at radius 2 is 1.44 bits per heavy atom. The van der Waals surface area contributed by atoms with Gasteiger partial charge in [-0.15, -0.1) is 0 Å². The van der Waals surface area contributed by atoms with Gasteiger partial charge in [-0.05, 0) is 29.2 Å². The second-order valence-corrected chi connectivity index (χ2v) is 10.4. The van der Waals surface area contributed by atoms with Crippen molar-refractivity contribution in [3.05, 3.63) is 115 Å². The van der Waals surface area contributed by atoms with Crippen LogP contribution in [0.2, 0.25) is 0 Å². The van der Waals surface area contributed by atoms with Gasteiger partial charge < -0.3 is 5.32 Å². The van der Waals surface area contributed by atoms with Crippen molar-refractivity contribution in [1.82, 2.24) is 16.0 Å². The first-order valence-corrected chi connectivity index (χ1v) is 13.3. The summed E-state index contributed by atoms with van der Waals surface area (Å²) in [6.07, 6.45) is 0. The van der Waals surface area contributed by atoms with E-state index in [1.807, 2.05) is 31.2 Å². The number of carbonyl (C=O) groups excluding carboxylic acids is 3. The molecule has 2 aliphatic rings. The highest BCUT2D eigenvalue weighted by Gasteiger charge is 2.63. The highest BCUT2D eigenvalue weighted by Crippen LogP contribution is 2.52. The Morgan fingerprint density at radius 1 is 0.854 bits per heavy atom. The van der Waals surface area contributed by atoms with Crippen LogP contribution in [0.25, 0.3) is 0 Å². The summed E-state index contributed by atoms with van der Waals surface area (Å²) >= 11 is 1.27. The topological polar surface area (TPSA) is 186 Å². The maximum Gasteiger partial charge on any atom is 0.328 e. The van der Waals surface area contributed by atoms with Crippen molar-refractivity contribution in [1.29, 1.82) is 0 Å². The minimum Gasteiger partial charge on any atom is -0.356 e. The molecule has 0 aliphatic carbocycles. The number of aliphatic imine (C=N–C) groups is 1. The lowest BCUT2D eigenvalue weighted by atomic mass is 9.66. The summed E-state index contributed by atoms with van der Waals surface area (Å²) in [4.78, 5) is 66.3. The zero-order chi connectivity index (χ0) is 29.3. The number of barbiturate groups is 1. The predicted octanol–water partition coefficient (Wildman–Crippen LogP) is 3.84. The predicted molar refractivity (Wildman–Crippen MR) is 149 cm³/mol. The number of nitro benzene ring substituents is 2. The number of amides is 4. The van der Waals surface area contributed by atoms with Gasteiger partial charge in [0.25, 0.3) is 11.4 Å². The van der Waals surface area contributed by atoms with E-state index in [0.717, 1.165) is 11.1 Å². The molecule has 1 spiro atoms. The maximum absolute atomic E-state index is 13.8. The Bertz CT molecular complexity index is 1620. The van der Waals surface area contributed by atoms with Crippen molar-refractivity contribution >= 4 is 46.1 Å². The Balaban J connectivity index is 1.72. The van der Waals surface area contributed by atoms with Crippen LogP contribution in [0.5, 0.6) is 0 Å². The number of nitrogens with zero attached hydrogens (tertiary/aromatic N) is 3. The van der Waals surface area contributed by atoms with E-state index in [2.05, 4.69) is 16.0 Å². The third-order valence-electron chi connectivity index (χ3n) is 7.04. The standard InChI is InChI=1S/C27H22N6O7S/c1-15-6-2-3-7-18(15)14-41-26-28-21(16-8-4-10-19(12-16)32(37)38)27(23(34)30-25(36)31-24(27)35)22(29-26)17-9-5-11-20(13-17)33(39)40/h2-13,21-22H,14H2,1H3,(H,28,29)(H2,30,31,34,35,36)/t21-,22+. The van der Waals surface area contributed by atoms with Gasteiger partial charge >= 0.3 is 6.03 Å². The van der Waals surface area contributed by atoms with Crippen molar-refractivity contribution in [2.45, 2.75) is 24.8 Å². The van der Waals surface area contributed by atoms with E-state index >= 15 is 0 Å². The zero-order valence-corrected chi connectivity index (χ0v) is 22.2. The summed E-state index contributed by atoms with van der Waals surface area (Å²) in [5, 5.41) is 30.9. The number of benzene rings is 3. The number of non-ortho nitro benzene ring substituents is 2. The van der Waals surface area contributed by atoms with Gasteiger partial charge in [0.15, 0.2) is 10.6 Å². The molecular formula is C27H22N6O7S. The summed E-state index contributed by atoms with van der Waals surface area (Å²) in [6.45, 7) is 1.95. The highest BCUT2D eigenvalue weighted by atomic mass is 32.2. The third kappa shape index (κ3) is 5.00. The summed E-state index contributed by atoms with van der Waals surface area (Å²) in [7, 11) is 0. The molecule has 2 heterocycles. The molecule has 0 aromatic heterocycles. The molecule has 0 unspecified atom stereocenters. The molecule has 1 saturated heterocycles. The van der Waals surface area contributed by atoms with Crippen LogP contribution >= 0.6 is 11.8 Å². The van der Waals surface area contributed by atoms with Gasteiger partial charge in [0.2, 0.25) is 11.8 Å². The molecule has 208 valence electrons. The Labute approximate surface area is 236 Å². The number of hydrogen-bond acceptors (Lipinski definition) is 10. The fourth-order valence-corrected chi connectivity index (χ4v) is 6.01. The van der Waals surface area contributed by atoms with Crippen molar-refractivity contribution in [2.24, 2.45) is 10.4 Å². The summed E-state index contributed by atoms with van der Waals surface area (Å²) < 4.78 is 0. The number of aryl methyl sites for hydroxylation is 1. The molecule has 3 N–H and O–H groups in total. The first-order chi connectivity index (χ1) is 19.6. The lowest BCUT2D eigenvalue weighted by Gasteiger charge is -2.47. The maximum atomic E-state index is 13.8. The first kappa shape index (κ1) is 27.5. The van der Waals surface area contributed by atoms with E-state index in [4.69, 9.17) is 4.99 Å².